The van der Waals surface area contributed by atoms with Gasteiger partial charge in [-0.1, -0.05) is 0 Å². The van der Waals surface area contributed by atoms with Gasteiger partial charge < -0.3 is 5.11 Å². The van der Waals surface area contributed by atoms with Crippen LogP contribution in [0.5, 0.6) is 0 Å². The lowest BCUT2D eigenvalue weighted by Crippen LogP contribution is -2.24. The van der Waals surface area contributed by atoms with Crippen LogP contribution in [0.1, 0.15) is 13.8 Å². The van der Waals surface area contributed by atoms with E-state index in [9.17, 15) is 9.90 Å². The Morgan fingerprint density at radius 3 is 2.55 bits per heavy atom. The predicted octanol–water partition coefficient (Wildman–Crippen LogP) is 1.55. The molecule has 1 atom stereocenters. The second kappa shape index (κ2) is 2.57. The molecule has 1 aliphatic carbocycles. The summed E-state index contributed by atoms with van der Waals surface area (Å²) < 4.78 is 0.433. The molecule has 0 aliphatic heterocycles. The molecule has 2 nitrogen and oxygen atoms in total. The third-order valence-corrected chi connectivity index (χ3v) is 2.09. The Morgan fingerprint density at radius 1 is 1.55 bits per heavy atom. The zero-order valence-electron chi connectivity index (χ0n) is 6.39. The first-order valence-corrected chi connectivity index (χ1v) is 4.06. The smallest absolute Gasteiger partial charge is 0.195 e. The Morgan fingerprint density at radius 2 is 2.09 bits per heavy atom. The van der Waals surface area contributed by atoms with E-state index in [4.69, 9.17) is 0 Å². The number of allylic oxidation sites excluding steroid dienone is 2. The fourth-order valence-electron chi connectivity index (χ4n) is 1.06. The van der Waals surface area contributed by atoms with E-state index in [0.29, 0.717) is 10.1 Å². The van der Waals surface area contributed by atoms with Crippen molar-refractivity contribution in [1.82, 2.24) is 0 Å². The molecule has 0 saturated heterocycles. The van der Waals surface area contributed by atoms with Crippen LogP contribution >= 0.6 is 15.9 Å². The zero-order chi connectivity index (χ0) is 8.65. The number of hydrogen-bond acceptors (Lipinski definition) is 2. The lowest BCUT2D eigenvalue weighted by atomic mass is 9.95. The lowest BCUT2D eigenvalue weighted by Gasteiger charge is -2.20. The number of rotatable bonds is 0. The topological polar surface area (TPSA) is 37.3 Å². The Labute approximate surface area is 73.7 Å². The number of carbonyl (C=O) groups excluding carboxylic acids is 1. The standard InChI is InChI=1S/C8H9BrO2/c1-5-3-8(2,11)4-6(9)7(5)10/h3-4,11H,1-2H3. The SMILES string of the molecule is CC1=CC(C)(O)C=C(Br)C1=O. The first-order valence-electron chi connectivity index (χ1n) is 3.27. The summed E-state index contributed by atoms with van der Waals surface area (Å²) in [7, 11) is 0. The van der Waals surface area contributed by atoms with Gasteiger partial charge in [-0.25, -0.2) is 0 Å². The van der Waals surface area contributed by atoms with Crippen molar-refractivity contribution in [2.45, 2.75) is 19.4 Å². The fraction of sp³-hybridized carbons (Fsp3) is 0.375. The Hall–Kier alpha value is -0.410. The third-order valence-electron chi connectivity index (χ3n) is 1.50. The number of hydrogen-bond donors (Lipinski definition) is 1. The molecule has 11 heavy (non-hydrogen) atoms. The maximum Gasteiger partial charge on any atom is 0.195 e. The second-order valence-corrected chi connectivity index (χ2v) is 3.73. The average molecular weight is 217 g/mol. The molecule has 1 unspecified atom stereocenters. The lowest BCUT2D eigenvalue weighted by molar-refractivity contribution is -0.111. The molecule has 1 rings (SSSR count). The van der Waals surface area contributed by atoms with Gasteiger partial charge in [-0.2, -0.15) is 0 Å². The normalized spacial score (nSPS) is 31.5. The number of aliphatic hydroxyl groups is 1. The summed E-state index contributed by atoms with van der Waals surface area (Å²) in [4.78, 5) is 11.1. The van der Waals surface area contributed by atoms with Crippen molar-refractivity contribution < 1.29 is 9.90 Å². The van der Waals surface area contributed by atoms with Crippen LogP contribution in [-0.4, -0.2) is 16.5 Å². The first-order chi connectivity index (χ1) is 4.92. The summed E-state index contributed by atoms with van der Waals surface area (Å²) >= 11 is 3.08. The second-order valence-electron chi connectivity index (χ2n) is 2.87. The van der Waals surface area contributed by atoms with E-state index in [1.807, 2.05) is 0 Å². The molecule has 0 bridgehead atoms. The van der Waals surface area contributed by atoms with Crippen molar-refractivity contribution in [3.8, 4) is 0 Å². The number of halogens is 1. The Bertz CT molecular complexity index is 237. The molecule has 0 heterocycles. The summed E-state index contributed by atoms with van der Waals surface area (Å²) in [5.74, 6) is -0.0588. The van der Waals surface area contributed by atoms with E-state index < -0.39 is 5.60 Å². The molecule has 0 fully saturated rings. The molecule has 0 aromatic rings. The van der Waals surface area contributed by atoms with Gasteiger partial charge in [0.2, 0.25) is 0 Å². The largest absolute Gasteiger partial charge is 0.382 e. The maximum absolute atomic E-state index is 11.1. The predicted molar refractivity (Wildman–Crippen MR) is 46.4 cm³/mol. The van der Waals surface area contributed by atoms with Crippen LogP contribution in [0.3, 0.4) is 0 Å². The molecule has 0 aromatic carbocycles. The van der Waals surface area contributed by atoms with E-state index >= 15 is 0 Å². The van der Waals surface area contributed by atoms with Crippen LogP contribution in [0.25, 0.3) is 0 Å². The highest BCUT2D eigenvalue weighted by Gasteiger charge is 2.24. The molecular weight excluding hydrogens is 208 g/mol. The third kappa shape index (κ3) is 1.79. The van der Waals surface area contributed by atoms with E-state index in [-0.39, 0.29) is 5.78 Å². The van der Waals surface area contributed by atoms with Crippen molar-refractivity contribution in [3.05, 3.63) is 22.2 Å². The zero-order valence-corrected chi connectivity index (χ0v) is 7.97. The summed E-state index contributed by atoms with van der Waals surface area (Å²) in [6, 6.07) is 0. The van der Waals surface area contributed by atoms with Crippen LogP contribution in [0.2, 0.25) is 0 Å². The number of Topliss-reactive ketones (excluding diaryl/α,β-unsaturated/α-hetero) is 1. The highest BCUT2D eigenvalue weighted by molar-refractivity contribution is 9.12. The molecule has 0 saturated carbocycles. The van der Waals surface area contributed by atoms with E-state index in [1.165, 1.54) is 6.08 Å². The van der Waals surface area contributed by atoms with Gasteiger partial charge in [-0.05, 0) is 47.5 Å². The highest BCUT2D eigenvalue weighted by atomic mass is 79.9. The summed E-state index contributed by atoms with van der Waals surface area (Å²) in [6.45, 7) is 3.31. The van der Waals surface area contributed by atoms with Gasteiger partial charge in [0.15, 0.2) is 5.78 Å². The van der Waals surface area contributed by atoms with Gasteiger partial charge in [-0.15, -0.1) is 0 Å². The Balaban J connectivity index is 3.08. The van der Waals surface area contributed by atoms with E-state index in [1.54, 1.807) is 19.9 Å². The van der Waals surface area contributed by atoms with Gasteiger partial charge in [0.05, 0.1) is 4.48 Å². The van der Waals surface area contributed by atoms with Crippen LogP contribution in [0, 0.1) is 0 Å². The minimum atomic E-state index is -0.989. The maximum atomic E-state index is 11.1. The van der Waals surface area contributed by atoms with Gasteiger partial charge in [-0.3, -0.25) is 4.79 Å². The summed E-state index contributed by atoms with van der Waals surface area (Å²) in [5, 5.41) is 9.50. The molecular formula is C8H9BrO2. The molecule has 0 radical (unpaired) electrons. The number of ketones is 1. The van der Waals surface area contributed by atoms with Crippen molar-refractivity contribution in [3.63, 3.8) is 0 Å². The minimum absolute atomic E-state index is 0.0588. The quantitative estimate of drug-likeness (QED) is 0.668. The average Bonchev–Trinajstić information content (AvgIpc) is 1.81. The first kappa shape index (κ1) is 8.68. The van der Waals surface area contributed by atoms with Gasteiger partial charge in [0, 0.05) is 0 Å². The van der Waals surface area contributed by atoms with Crippen molar-refractivity contribution in [2.75, 3.05) is 0 Å². The highest BCUT2D eigenvalue weighted by Crippen LogP contribution is 2.25. The van der Waals surface area contributed by atoms with Crippen molar-refractivity contribution in [1.29, 1.82) is 0 Å². The minimum Gasteiger partial charge on any atom is -0.382 e. The summed E-state index contributed by atoms with van der Waals surface area (Å²) in [5.41, 5.74) is -0.416. The molecule has 3 heteroatoms. The monoisotopic (exact) mass is 216 g/mol. The van der Waals surface area contributed by atoms with Crippen molar-refractivity contribution >= 4 is 21.7 Å². The molecule has 1 N–H and O–H groups in total. The molecule has 0 aromatic heterocycles. The van der Waals surface area contributed by atoms with Crippen molar-refractivity contribution in [2.24, 2.45) is 0 Å². The Kier molecular flexibility index (Phi) is 2.03. The molecule has 0 amide bonds. The van der Waals surface area contributed by atoms with Crippen LogP contribution in [0.15, 0.2) is 22.2 Å². The van der Waals surface area contributed by atoms with Crippen LogP contribution in [-0.2, 0) is 4.79 Å². The van der Waals surface area contributed by atoms with Gasteiger partial charge in [0.25, 0.3) is 0 Å². The van der Waals surface area contributed by atoms with Crippen LogP contribution < -0.4 is 0 Å². The summed E-state index contributed by atoms with van der Waals surface area (Å²) in [6.07, 6.45) is 3.03. The van der Waals surface area contributed by atoms with Gasteiger partial charge >= 0.3 is 0 Å². The molecule has 0 spiro atoms. The number of carbonyl (C=O) groups is 1. The molecule has 60 valence electrons. The van der Waals surface area contributed by atoms with Gasteiger partial charge in [0.1, 0.15) is 5.60 Å². The van der Waals surface area contributed by atoms with E-state index in [0.717, 1.165) is 0 Å². The molecule has 1 aliphatic rings. The fourth-order valence-corrected chi connectivity index (χ4v) is 1.83. The van der Waals surface area contributed by atoms with Crippen LogP contribution in [0.4, 0.5) is 0 Å². The van der Waals surface area contributed by atoms with E-state index in [2.05, 4.69) is 15.9 Å².